The smallest absolute Gasteiger partial charge is 0.148 e. The predicted octanol–water partition coefficient (Wildman–Crippen LogP) is 2.62. The van der Waals surface area contributed by atoms with Gasteiger partial charge in [-0.15, -0.1) is 0 Å². The number of hydrogen-bond donors (Lipinski definition) is 2. The summed E-state index contributed by atoms with van der Waals surface area (Å²) in [6.45, 7) is 2.16. The van der Waals surface area contributed by atoms with Crippen LogP contribution < -0.4 is 11.1 Å². The maximum atomic E-state index is 13.3. The van der Waals surface area contributed by atoms with Gasteiger partial charge in [-0.3, -0.25) is 0 Å². The zero-order valence-electron chi connectivity index (χ0n) is 8.26. The highest BCUT2D eigenvalue weighted by Crippen LogP contribution is 2.36. The highest BCUT2D eigenvalue weighted by molar-refractivity contribution is 5.53. The molecule has 14 heavy (non-hydrogen) atoms. The van der Waals surface area contributed by atoms with Crippen molar-refractivity contribution in [2.75, 3.05) is 11.1 Å². The van der Waals surface area contributed by atoms with Gasteiger partial charge in [-0.2, -0.15) is 0 Å². The summed E-state index contributed by atoms with van der Waals surface area (Å²) in [6.07, 6.45) is 2.31. The summed E-state index contributed by atoms with van der Waals surface area (Å²) in [5, 5.41) is 3.18. The molecule has 0 amide bonds. The summed E-state index contributed by atoms with van der Waals surface area (Å²) in [4.78, 5) is 0. The molecule has 2 unspecified atom stereocenters. The van der Waals surface area contributed by atoms with Gasteiger partial charge in [-0.1, -0.05) is 13.3 Å². The number of nitrogens with one attached hydrogen (secondary N) is 1. The molecule has 1 aromatic rings. The first-order valence-corrected chi connectivity index (χ1v) is 5.02. The van der Waals surface area contributed by atoms with Crippen LogP contribution in [0.5, 0.6) is 0 Å². The van der Waals surface area contributed by atoms with E-state index in [1.165, 1.54) is 6.07 Å². The fourth-order valence-corrected chi connectivity index (χ4v) is 1.72. The van der Waals surface area contributed by atoms with E-state index in [0.717, 1.165) is 12.8 Å². The van der Waals surface area contributed by atoms with E-state index < -0.39 is 0 Å². The average Bonchev–Trinajstić information content (AvgIpc) is 2.89. The standard InChI is InChI=1S/C11H15FN2/c1-2-7-5-11(7)14-10-4-3-8(13)6-9(10)12/h3-4,6-7,11,14H,2,5,13H2,1H3. The number of hydrogen-bond acceptors (Lipinski definition) is 2. The first kappa shape index (κ1) is 9.31. The molecular formula is C11H15FN2. The van der Waals surface area contributed by atoms with Crippen LogP contribution in [-0.4, -0.2) is 6.04 Å². The zero-order valence-corrected chi connectivity index (χ0v) is 8.26. The maximum absolute atomic E-state index is 13.3. The minimum Gasteiger partial charge on any atom is -0.399 e. The number of nitrogen functional groups attached to an aromatic ring is 1. The van der Waals surface area contributed by atoms with Gasteiger partial charge in [-0.25, -0.2) is 4.39 Å². The van der Waals surface area contributed by atoms with E-state index in [1.807, 2.05) is 0 Å². The first-order valence-electron chi connectivity index (χ1n) is 5.02. The molecule has 0 saturated heterocycles. The van der Waals surface area contributed by atoms with Crippen LogP contribution in [0, 0.1) is 11.7 Å². The number of nitrogens with two attached hydrogens (primary N) is 1. The van der Waals surface area contributed by atoms with Crippen LogP contribution in [0.1, 0.15) is 19.8 Å². The van der Waals surface area contributed by atoms with Crippen molar-refractivity contribution in [3.8, 4) is 0 Å². The maximum Gasteiger partial charge on any atom is 0.148 e. The Morgan fingerprint density at radius 1 is 1.57 bits per heavy atom. The Morgan fingerprint density at radius 2 is 2.36 bits per heavy atom. The summed E-state index contributed by atoms with van der Waals surface area (Å²) in [6, 6.07) is 5.23. The molecule has 3 heteroatoms. The number of benzene rings is 1. The van der Waals surface area contributed by atoms with Crippen molar-refractivity contribution in [2.45, 2.75) is 25.8 Å². The lowest BCUT2D eigenvalue weighted by Gasteiger charge is -2.07. The number of anilines is 2. The second-order valence-corrected chi connectivity index (χ2v) is 3.89. The average molecular weight is 194 g/mol. The van der Waals surface area contributed by atoms with Crippen molar-refractivity contribution in [2.24, 2.45) is 5.92 Å². The molecule has 0 bridgehead atoms. The second kappa shape index (κ2) is 3.48. The predicted molar refractivity (Wildman–Crippen MR) is 56.6 cm³/mol. The molecule has 0 radical (unpaired) electrons. The molecule has 0 aliphatic heterocycles. The Kier molecular flexibility index (Phi) is 2.32. The molecule has 3 N–H and O–H groups in total. The van der Waals surface area contributed by atoms with Crippen LogP contribution >= 0.6 is 0 Å². The topological polar surface area (TPSA) is 38.0 Å². The Bertz CT molecular complexity index is 338. The summed E-state index contributed by atoms with van der Waals surface area (Å²) in [5.74, 6) is 0.457. The highest BCUT2D eigenvalue weighted by Gasteiger charge is 2.35. The van der Waals surface area contributed by atoms with Gasteiger partial charge in [0.1, 0.15) is 5.82 Å². The molecule has 1 fully saturated rings. The van der Waals surface area contributed by atoms with Crippen LogP contribution in [-0.2, 0) is 0 Å². The van der Waals surface area contributed by atoms with E-state index >= 15 is 0 Å². The molecule has 0 aromatic heterocycles. The van der Waals surface area contributed by atoms with Gasteiger partial charge in [0, 0.05) is 11.7 Å². The van der Waals surface area contributed by atoms with Gasteiger partial charge in [0.2, 0.25) is 0 Å². The SMILES string of the molecule is CCC1CC1Nc1ccc(N)cc1F. The van der Waals surface area contributed by atoms with Crippen molar-refractivity contribution in [3.05, 3.63) is 24.0 Å². The summed E-state index contributed by atoms with van der Waals surface area (Å²) in [7, 11) is 0. The van der Waals surface area contributed by atoms with Crippen molar-refractivity contribution < 1.29 is 4.39 Å². The molecule has 1 aromatic carbocycles. The lowest BCUT2D eigenvalue weighted by Crippen LogP contribution is -2.06. The third-order valence-corrected chi connectivity index (χ3v) is 2.78. The molecular weight excluding hydrogens is 179 g/mol. The van der Waals surface area contributed by atoms with Gasteiger partial charge >= 0.3 is 0 Å². The normalized spacial score (nSPS) is 24.7. The monoisotopic (exact) mass is 194 g/mol. The van der Waals surface area contributed by atoms with Crippen molar-refractivity contribution in [3.63, 3.8) is 0 Å². The molecule has 0 heterocycles. The largest absolute Gasteiger partial charge is 0.399 e. The molecule has 0 spiro atoms. The van der Waals surface area contributed by atoms with Gasteiger partial charge in [0.25, 0.3) is 0 Å². The van der Waals surface area contributed by atoms with Crippen LogP contribution in [0.25, 0.3) is 0 Å². The lowest BCUT2D eigenvalue weighted by atomic mass is 10.2. The van der Waals surface area contributed by atoms with E-state index in [-0.39, 0.29) is 5.82 Å². The minimum absolute atomic E-state index is 0.258. The van der Waals surface area contributed by atoms with Gasteiger partial charge in [0.05, 0.1) is 5.69 Å². The molecule has 1 aliphatic rings. The quantitative estimate of drug-likeness (QED) is 0.726. The highest BCUT2D eigenvalue weighted by atomic mass is 19.1. The molecule has 2 atom stereocenters. The van der Waals surface area contributed by atoms with E-state index in [2.05, 4.69) is 12.2 Å². The molecule has 2 nitrogen and oxygen atoms in total. The van der Waals surface area contributed by atoms with E-state index in [9.17, 15) is 4.39 Å². The first-order chi connectivity index (χ1) is 6.70. The second-order valence-electron chi connectivity index (χ2n) is 3.89. The fourth-order valence-electron chi connectivity index (χ4n) is 1.72. The third-order valence-electron chi connectivity index (χ3n) is 2.78. The van der Waals surface area contributed by atoms with Crippen molar-refractivity contribution >= 4 is 11.4 Å². The van der Waals surface area contributed by atoms with Crippen molar-refractivity contribution in [1.29, 1.82) is 0 Å². The van der Waals surface area contributed by atoms with Crippen LogP contribution in [0.2, 0.25) is 0 Å². The van der Waals surface area contributed by atoms with E-state index in [4.69, 9.17) is 5.73 Å². The van der Waals surface area contributed by atoms with E-state index in [0.29, 0.717) is 23.3 Å². The summed E-state index contributed by atoms with van der Waals surface area (Å²) in [5.41, 5.74) is 6.50. The zero-order chi connectivity index (χ0) is 10.1. The number of rotatable bonds is 3. The summed E-state index contributed by atoms with van der Waals surface area (Å²) < 4.78 is 13.3. The van der Waals surface area contributed by atoms with Gasteiger partial charge in [-0.05, 0) is 30.5 Å². The third kappa shape index (κ3) is 1.81. The van der Waals surface area contributed by atoms with Gasteiger partial charge in [0.15, 0.2) is 0 Å². The van der Waals surface area contributed by atoms with Crippen molar-refractivity contribution in [1.82, 2.24) is 0 Å². The molecule has 2 rings (SSSR count). The molecule has 76 valence electrons. The molecule has 1 aliphatic carbocycles. The number of halogens is 1. The van der Waals surface area contributed by atoms with Gasteiger partial charge < -0.3 is 11.1 Å². The van der Waals surface area contributed by atoms with Crippen LogP contribution in [0.3, 0.4) is 0 Å². The Hall–Kier alpha value is -1.25. The van der Waals surface area contributed by atoms with Crippen LogP contribution in [0.15, 0.2) is 18.2 Å². The minimum atomic E-state index is -0.258. The van der Waals surface area contributed by atoms with Crippen LogP contribution in [0.4, 0.5) is 15.8 Å². The molecule has 1 saturated carbocycles. The fraction of sp³-hybridized carbons (Fsp3) is 0.455. The summed E-state index contributed by atoms with van der Waals surface area (Å²) >= 11 is 0. The lowest BCUT2D eigenvalue weighted by molar-refractivity contribution is 0.629. The Balaban J connectivity index is 2.03. The Morgan fingerprint density at radius 3 is 2.93 bits per heavy atom. The van der Waals surface area contributed by atoms with E-state index in [1.54, 1.807) is 12.1 Å². The Labute approximate surface area is 83.3 Å².